The van der Waals surface area contributed by atoms with Crippen molar-refractivity contribution < 1.29 is 17.9 Å². The lowest BCUT2D eigenvalue weighted by molar-refractivity contribution is 0.0126. The number of nitrogens with one attached hydrogen (secondary N) is 1. The summed E-state index contributed by atoms with van der Waals surface area (Å²) in [5.74, 6) is 1.48. The van der Waals surface area contributed by atoms with Crippen LogP contribution in [0.3, 0.4) is 0 Å². The van der Waals surface area contributed by atoms with Crippen molar-refractivity contribution in [1.82, 2.24) is 0 Å². The van der Waals surface area contributed by atoms with Crippen molar-refractivity contribution in [3.8, 4) is 0 Å². The third kappa shape index (κ3) is 5.21. The monoisotopic (exact) mass is 367 g/mol. The predicted molar refractivity (Wildman–Crippen MR) is 99.4 cm³/mol. The number of sulfone groups is 1. The van der Waals surface area contributed by atoms with Gasteiger partial charge in [0.2, 0.25) is 0 Å². The number of hydrogen-bond acceptors (Lipinski definition) is 4. The van der Waals surface area contributed by atoms with E-state index in [1.807, 2.05) is 0 Å². The Kier molecular flexibility index (Phi) is 6.49. The van der Waals surface area contributed by atoms with Gasteiger partial charge in [0, 0.05) is 5.69 Å². The van der Waals surface area contributed by atoms with Crippen LogP contribution in [-0.4, -0.2) is 26.4 Å². The van der Waals surface area contributed by atoms with Gasteiger partial charge in [-0.25, -0.2) is 13.2 Å². The molecule has 1 saturated carbocycles. The van der Waals surface area contributed by atoms with Crippen molar-refractivity contribution in [2.45, 2.75) is 58.0 Å². The zero-order valence-electron chi connectivity index (χ0n) is 15.5. The Bertz CT molecular complexity index is 682. The fraction of sp³-hybridized carbons (Fsp3) is 0.632. The quantitative estimate of drug-likeness (QED) is 0.832. The molecule has 2 rings (SSSR count). The molecule has 3 unspecified atom stereocenters. The number of anilines is 1. The molecule has 140 valence electrons. The number of ether oxygens (including phenoxy) is 1. The van der Waals surface area contributed by atoms with E-state index in [0.29, 0.717) is 23.4 Å². The number of benzene rings is 1. The molecule has 25 heavy (non-hydrogen) atoms. The standard InChI is InChI=1S/C19H29NO4S/c1-5-25(22,23)16-9-7-15(8-10-16)20-19(21)24-18-12-14(4)6-11-17(18)13(2)3/h7-10,13-14,17-18H,5-6,11-12H2,1-4H3,(H,20,21). The van der Waals surface area contributed by atoms with E-state index in [-0.39, 0.29) is 16.8 Å². The van der Waals surface area contributed by atoms with Gasteiger partial charge in [0.05, 0.1) is 10.6 Å². The molecule has 0 radical (unpaired) electrons. The van der Waals surface area contributed by atoms with Gasteiger partial charge in [0.15, 0.2) is 9.84 Å². The van der Waals surface area contributed by atoms with Gasteiger partial charge in [-0.2, -0.15) is 0 Å². The van der Waals surface area contributed by atoms with Gasteiger partial charge in [0.1, 0.15) is 6.10 Å². The summed E-state index contributed by atoms with van der Waals surface area (Å²) in [5, 5.41) is 2.70. The summed E-state index contributed by atoms with van der Waals surface area (Å²) in [5.41, 5.74) is 0.532. The summed E-state index contributed by atoms with van der Waals surface area (Å²) in [6.07, 6.45) is 2.61. The Morgan fingerprint density at radius 2 is 1.88 bits per heavy atom. The van der Waals surface area contributed by atoms with Gasteiger partial charge in [-0.15, -0.1) is 0 Å². The second kappa shape index (κ2) is 8.21. The van der Waals surface area contributed by atoms with Crippen LogP contribution in [0.4, 0.5) is 10.5 Å². The van der Waals surface area contributed by atoms with Crippen molar-refractivity contribution in [3.63, 3.8) is 0 Å². The molecule has 3 atom stereocenters. The van der Waals surface area contributed by atoms with E-state index in [4.69, 9.17) is 4.74 Å². The van der Waals surface area contributed by atoms with E-state index in [0.717, 1.165) is 12.8 Å². The first kappa shape index (κ1) is 19.8. The fourth-order valence-electron chi connectivity index (χ4n) is 3.45. The molecule has 1 aromatic rings. The zero-order valence-corrected chi connectivity index (χ0v) is 16.3. The van der Waals surface area contributed by atoms with Crippen molar-refractivity contribution >= 4 is 21.6 Å². The van der Waals surface area contributed by atoms with Gasteiger partial charge < -0.3 is 4.74 Å². The molecule has 1 N–H and O–H groups in total. The average Bonchev–Trinajstić information content (AvgIpc) is 2.55. The number of carbonyl (C=O) groups is 1. The molecule has 1 aliphatic carbocycles. The molecule has 6 heteroatoms. The van der Waals surface area contributed by atoms with Crippen LogP contribution in [0.15, 0.2) is 29.2 Å². The summed E-state index contributed by atoms with van der Waals surface area (Å²) in [7, 11) is -3.23. The van der Waals surface area contributed by atoms with Gasteiger partial charge in [0.25, 0.3) is 0 Å². The average molecular weight is 368 g/mol. The van der Waals surface area contributed by atoms with E-state index < -0.39 is 15.9 Å². The molecule has 1 aromatic carbocycles. The first-order chi connectivity index (χ1) is 11.7. The lowest BCUT2D eigenvalue weighted by atomic mass is 9.75. The molecule has 1 aliphatic rings. The SMILES string of the molecule is CCS(=O)(=O)c1ccc(NC(=O)OC2CC(C)CCC2C(C)C)cc1. The maximum atomic E-state index is 12.2. The van der Waals surface area contributed by atoms with Gasteiger partial charge in [-0.05, 0) is 54.9 Å². The predicted octanol–water partition coefficient (Wildman–Crippen LogP) is 4.49. The Morgan fingerprint density at radius 3 is 2.44 bits per heavy atom. The first-order valence-electron chi connectivity index (χ1n) is 9.03. The zero-order chi connectivity index (χ0) is 18.6. The number of rotatable bonds is 5. The lowest BCUT2D eigenvalue weighted by Gasteiger charge is -2.36. The van der Waals surface area contributed by atoms with Crippen LogP contribution in [0, 0.1) is 17.8 Å². The summed E-state index contributed by atoms with van der Waals surface area (Å²) >= 11 is 0. The molecule has 0 aromatic heterocycles. The minimum Gasteiger partial charge on any atom is -0.446 e. The highest BCUT2D eigenvalue weighted by molar-refractivity contribution is 7.91. The molecule has 0 aliphatic heterocycles. The third-order valence-electron chi connectivity index (χ3n) is 5.06. The van der Waals surface area contributed by atoms with Gasteiger partial charge in [-0.1, -0.05) is 34.1 Å². The molecule has 1 fully saturated rings. The van der Waals surface area contributed by atoms with E-state index in [1.165, 1.54) is 18.6 Å². The van der Waals surface area contributed by atoms with Crippen LogP contribution in [-0.2, 0) is 14.6 Å². The van der Waals surface area contributed by atoms with Crippen molar-refractivity contribution in [1.29, 1.82) is 0 Å². The van der Waals surface area contributed by atoms with Crippen LogP contribution < -0.4 is 5.32 Å². The van der Waals surface area contributed by atoms with Crippen molar-refractivity contribution in [2.24, 2.45) is 17.8 Å². The number of carbonyl (C=O) groups excluding carboxylic acids is 1. The minimum absolute atomic E-state index is 0.0538. The molecule has 0 bridgehead atoms. The Hall–Kier alpha value is -1.56. The second-order valence-corrected chi connectivity index (χ2v) is 9.60. The third-order valence-corrected chi connectivity index (χ3v) is 6.81. The van der Waals surface area contributed by atoms with E-state index in [2.05, 4.69) is 26.1 Å². The molecule has 0 spiro atoms. The number of hydrogen-bond donors (Lipinski definition) is 1. The van der Waals surface area contributed by atoms with Crippen molar-refractivity contribution in [2.75, 3.05) is 11.1 Å². The van der Waals surface area contributed by atoms with E-state index >= 15 is 0 Å². The molecule has 5 nitrogen and oxygen atoms in total. The second-order valence-electron chi connectivity index (χ2n) is 7.32. The van der Waals surface area contributed by atoms with Crippen LogP contribution in [0.5, 0.6) is 0 Å². The largest absolute Gasteiger partial charge is 0.446 e. The Labute approximate surface area is 151 Å². The van der Waals surface area contributed by atoms with Crippen LogP contribution >= 0.6 is 0 Å². The molecular weight excluding hydrogens is 338 g/mol. The molecule has 0 heterocycles. The van der Waals surface area contributed by atoms with E-state index in [9.17, 15) is 13.2 Å². The van der Waals surface area contributed by atoms with Gasteiger partial charge in [-0.3, -0.25) is 5.32 Å². The highest BCUT2D eigenvalue weighted by Crippen LogP contribution is 2.35. The smallest absolute Gasteiger partial charge is 0.411 e. The molecular formula is C19H29NO4S. The van der Waals surface area contributed by atoms with Crippen LogP contribution in [0.25, 0.3) is 0 Å². The Balaban J connectivity index is 1.99. The summed E-state index contributed by atoms with van der Waals surface area (Å²) < 4.78 is 29.3. The summed E-state index contributed by atoms with van der Waals surface area (Å²) in [4.78, 5) is 12.5. The molecule has 0 saturated heterocycles. The van der Waals surface area contributed by atoms with Crippen molar-refractivity contribution in [3.05, 3.63) is 24.3 Å². The van der Waals surface area contributed by atoms with Crippen LogP contribution in [0.2, 0.25) is 0 Å². The topological polar surface area (TPSA) is 72.5 Å². The first-order valence-corrected chi connectivity index (χ1v) is 10.7. The fourth-order valence-corrected chi connectivity index (χ4v) is 4.33. The normalized spacial score (nSPS) is 24.1. The van der Waals surface area contributed by atoms with Crippen LogP contribution in [0.1, 0.15) is 47.0 Å². The maximum Gasteiger partial charge on any atom is 0.411 e. The lowest BCUT2D eigenvalue weighted by Crippen LogP contribution is -2.36. The summed E-state index contributed by atoms with van der Waals surface area (Å²) in [6, 6.07) is 6.20. The molecule has 1 amide bonds. The maximum absolute atomic E-state index is 12.2. The van der Waals surface area contributed by atoms with Gasteiger partial charge >= 0.3 is 6.09 Å². The highest BCUT2D eigenvalue weighted by Gasteiger charge is 2.33. The highest BCUT2D eigenvalue weighted by atomic mass is 32.2. The minimum atomic E-state index is -3.23. The number of amides is 1. The Morgan fingerprint density at radius 1 is 1.24 bits per heavy atom. The summed E-state index contributed by atoms with van der Waals surface area (Å²) in [6.45, 7) is 8.14. The van der Waals surface area contributed by atoms with E-state index in [1.54, 1.807) is 19.1 Å².